The van der Waals surface area contributed by atoms with Gasteiger partial charge in [-0.15, -0.1) is 11.8 Å². The molecular weight excluding hydrogens is 294 g/mol. The predicted molar refractivity (Wildman–Crippen MR) is 86.6 cm³/mol. The first-order valence-electron chi connectivity index (χ1n) is 6.34. The van der Waals surface area contributed by atoms with Crippen LogP contribution in [0.15, 0.2) is 17.0 Å². The Hall–Kier alpha value is -0.720. The van der Waals surface area contributed by atoms with Crippen molar-refractivity contribution >= 4 is 22.6 Å². The Morgan fingerprint density at radius 1 is 1.30 bits per heavy atom. The highest BCUT2D eigenvalue weighted by molar-refractivity contribution is 7.98. The number of hydrogen-bond acceptors (Lipinski definition) is 5. The highest BCUT2D eigenvalue weighted by Crippen LogP contribution is 2.34. The third-order valence-corrected chi connectivity index (χ3v) is 4.70. The molecule has 0 spiro atoms. The third kappa shape index (κ3) is 5.00. The quantitative estimate of drug-likeness (QED) is 0.746. The lowest BCUT2D eigenvalue weighted by atomic mass is 10.2. The van der Waals surface area contributed by atoms with Crippen LogP contribution in [0.3, 0.4) is 0 Å². The normalized spacial score (nSPS) is 13.8. The van der Waals surface area contributed by atoms with Crippen molar-refractivity contribution in [1.29, 1.82) is 0 Å². The van der Waals surface area contributed by atoms with Crippen molar-refractivity contribution in [2.75, 3.05) is 32.5 Å². The van der Waals surface area contributed by atoms with Gasteiger partial charge in [0.2, 0.25) is 0 Å². The van der Waals surface area contributed by atoms with Crippen LogP contribution in [-0.4, -0.2) is 42.7 Å². The molecule has 2 atom stereocenters. The summed E-state index contributed by atoms with van der Waals surface area (Å²) in [4.78, 5) is 1.15. The second-order valence-electron chi connectivity index (χ2n) is 4.54. The molecule has 0 amide bonds. The third-order valence-electron chi connectivity index (χ3n) is 2.91. The first kappa shape index (κ1) is 17.3. The summed E-state index contributed by atoms with van der Waals surface area (Å²) < 4.78 is 21.9. The molecule has 0 heterocycles. The van der Waals surface area contributed by atoms with Gasteiger partial charge in [-0.05, 0) is 30.9 Å². The van der Waals surface area contributed by atoms with Crippen LogP contribution < -0.4 is 14.8 Å². The maximum absolute atomic E-state index is 11.2. The van der Waals surface area contributed by atoms with Gasteiger partial charge in [0.1, 0.15) is 0 Å². The van der Waals surface area contributed by atoms with E-state index in [9.17, 15) is 4.21 Å². The van der Waals surface area contributed by atoms with Crippen molar-refractivity contribution in [3.8, 4) is 11.5 Å². The number of benzene rings is 1. The Labute approximate surface area is 128 Å². The van der Waals surface area contributed by atoms with Crippen molar-refractivity contribution in [3.05, 3.63) is 17.7 Å². The van der Waals surface area contributed by atoms with E-state index in [4.69, 9.17) is 9.47 Å². The van der Waals surface area contributed by atoms with Crippen molar-refractivity contribution in [1.82, 2.24) is 5.32 Å². The van der Waals surface area contributed by atoms with E-state index in [0.29, 0.717) is 5.75 Å². The van der Waals surface area contributed by atoms with Crippen molar-refractivity contribution in [2.24, 2.45) is 0 Å². The molecule has 0 aliphatic carbocycles. The summed E-state index contributed by atoms with van der Waals surface area (Å²) in [5.74, 6) is 2.12. The lowest BCUT2D eigenvalue weighted by molar-refractivity contribution is 0.353. The second-order valence-corrected chi connectivity index (χ2v) is 6.87. The Bertz CT molecular complexity index is 466. The minimum atomic E-state index is -0.784. The minimum absolute atomic E-state index is 0.212. The lowest BCUT2D eigenvalue weighted by Crippen LogP contribution is -2.30. The second kappa shape index (κ2) is 8.54. The highest BCUT2D eigenvalue weighted by Gasteiger charge is 2.12. The average Bonchev–Trinajstić information content (AvgIpc) is 2.43. The van der Waals surface area contributed by atoms with Crippen molar-refractivity contribution < 1.29 is 13.7 Å². The molecule has 0 aliphatic heterocycles. The van der Waals surface area contributed by atoms with Gasteiger partial charge in [0.05, 0.1) is 14.2 Å². The summed E-state index contributed by atoms with van der Waals surface area (Å²) in [7, 11) is 2.49. The largest absolute Gasteiger partial charge is 0.493 e. The van der Waals surface area contributed by atoms with E-state index in [1.54, 1.807) is 32.2 Å². The highest BCUT2D eigenvalue weighted by atomic mass is 32.2. The molecule has 0 bridgehead atoms. The first-order valence-corrected chi connectivity index (χ1v) is 9.29. The molecule has 114 valence electrons. The summed E-state index contributed by atoms with van der Waals surface area (Å²) in [5.41, 5.74) is 1.16. The number of hydrogen-bond donors (Lipinski definition) is 1. The molecule has 0 radical (unpaired) electrons. The van der Waals surface area contributed by atoms with Crippen LogP contribution in [-0.2, 0) is 17.3 Å². The summed E-state index contributed by atoms with van der Waals surface area (Å²) in [6.45, 7) is 2.76. The van der Waals surface area contributed by atoms with E-state index in [2.05, 4.69) is 5.32 Å². The smallest absolute Gasteiger partial charge is 0.161 e. The molecule has 0 aromatic heterocycles. The molecule has 0 saturated carbocycles. The molecule has 1 N–H and O–H groups in total. The van der Waals surface area contributed by atoms with E-state index in [0.717, 1.165) is 28.5 Å². The topological polar surface area (TPSA) is 47.6 Å². The Kier molecular flexibility index (Phi) is 7.40. The lowest BCUT2D eigenvalue weighted by Gasteiger charge is -2.16. The maximum atomic E-state index is 11.2. The Morgan fingerprint density at radius 2 is 1.90 bits per heavy atom. The first-order chi connectivity index (χ1) is 9.51. The van der Waals surface area contributed by atoms with Crippen LogP contribution >= 0.6 is 11.8 Å². The molecule has 0 aliphatic rings. The molecule has 1 rings (SSSR count). The van der Waals surface area contributed by atoms with Gasteiger partial charge in [-0.2, -0.15) is 0 Å². The molecular formula is C14H23NO3S2. The fourth-order valence-electron chi connectivity index (χ4n) is 1.93. The monoisotopic (exact) mass is 317 g/mol. The van der Waals surface area contributed by atoms with Crippen LogP contribution in [0.2, 0.25) is 0 Å². The molecule has 4 nitrogen and oxygen atoms in total. The molecule has 1 aromatic carbocycles. The molecule has 0 saturated heterocycles. The number of ether oxygens (including phenoxy) is 2. The van der Waals surface area contributed by atoms with Gasteiger partial charge in [-0.1, -0.05) is 0 Å². The van der Waals surface area contributed by atoms with Crippen LogP contribution in [0.5, 0.6) is 11.5 Å². The zero-order valence-electron chi connectivity index (χ0n) is 12.7. The van der Waals surface area contributed by atoms with Crippen LogP contribution in [0.4, 0.5) is 0 Å². The number of nitrogens with one attached hydrogen (secondary N) is 1. The van der Waals surface area contributed by atoms with E-state index >= 15 is 0 Å². The van der Waals surface area contributed by atoms with E-state index in [1.807, 2.05) is 25.3 Å². The fraction of sp³-hybridized carbons (Fsp3) is 0.571. The van der Waals surface area contributed by atoms with Gasteiger partial charge in [-0.25, -0.2) is 0 Å². The van der Waals surface area contributed by atoms with E-state index < -0.39 is 10.8 Å². The number of thioether (sulfide) groups is 1. The zero-order valence-corrected chi connectivity index (χ0v) is 14.3. The van der Waals surface area contributed by atoms with Gasteiger partial charge in [0.15, 0.2) is 11.5 Å². The summed E-state index contributed by atoms with van der Waals surface area (Å²) >= 11 is 1.67. The molecule has 2 unspecified atom stereocenters. The van der Waals surface area contributed by atoms with Crippen LogP contribution in [0.25, 0.3) is 0 Å². The SMILES string of the molecule is COc1cc(CNC(C)CS(C)=O)c(SC)cc1OC. The predicted octanol–water partition coefficient (Wildman–Crippen LogP) is 2.28. The number of methoxy groups -OCH3 is 2. The van der Waals surface area contributed by atoms with Gasteiger partial charge >= 0.3 is 0 Å². The van der Waals surface area contributed by atoms with Gasteiger partial charge in [0.25, 0.3) is 0 Å². The zero-order chi connectivity index (χ0) is 15.1. The standard InChI is InChI=1S/C14H23NO3S2/c1-10(9-20(5)16)15-8-11-6-12(17-2)13(18-3)7-14(11)19-4/h6-7,10,15H,8-9H2,1-5H3. The van der Waals surface area contributed by atoms with Gasteiger partial charge in [-0.3, -0.25) is 4.21 Å². The van der Waals surface area contributed by atoms with Gasteiger partial charge < -0.3 is 14.8 Å². The summed E-state index contributed by atoms with van der Waals surface area (Å²) in [5, 5.41) is 3.39. The molecule has 0 fully saturated rings. The molecule has 6 heteroatoms. The molecule has 20 heavy (non-hydrogen) atoms. The number of rotatable bonds is 8. The summed E-state index contributed by atoms with van der Waals surface area (Å²) in [6, 6.07) is 4.19. The Morgan fingerprint density at radius 3 is 2.40 bits per heavy atom. The Balaban J connectivity index is 2.85. The molecule has 1 aromatic rings. The van der Waals surface area contributed by atoms with E-state index in [-0.39, 0.29) is 6.04 Å². The maximum Gasteiger partial charge on any atom is 0.161 e. The van der Waals surface area contributed by atoms with E-state index in [1.165, 1.54) is 0 Å². The summed E-state index contributed by atoms with van der Waals surface area (Å²) in [6.07, 6.45) is 3.76. The minimum Gasteiger partial charge on any atom is -0.493 e. The van der Waals surface area contributed by atoms with Crippen LogP contribution in [0, 0.1) is 0 Å². The average molecular weight is 317 g/mol. The van der Waals surface area contributed by atoms with Crippen LogP contribution in [0.1, 0.15) is 12.5 Å². The van der Waals surface area contributed by atoms with Crippen molar-refractivity contribution in [2.45, 2.75) is 24.4 Å². The van der Waals surface area contributed by atoms with Gasteiger partial charge in [0, 0.05) is 40.3 Å². The fourth-order valence-corrected chi connectivity index (χ4v) is 3.37. The van der Waals surface area contributed by atoms with Crippen molar-refractivity contribution in [3.63, 3.8) is 0 Å².